The zero-order valence-corrected chi connectivity index (χ0v) is 10.9. The smallest absolute Gasteiger partial charge is 0.166 e. The van der Waals surface area contributed by atoms with E-state index in [2.05, 4.69) is 13.0 Å². The number of methoxy groups -OCH3 is 3. The molecule has 1 atom stereocenters. The fourth-order valence-electron chi connectivity index (χ4n) is 1.75. The van der Waals surface area contributed by atoms with E-state index < -0.39 is 0 Å². The summed E-state index contributed by atoms with van der Waals surface area (Å²) in [6, 6.07) is 4.03. The van der Waals surface area contributed by atoms with Crippen molar-refractivity contribution in [3.05, 3.63) is 23.3 Å². The second-order valence-corrected chi connectivity index (χ2v) is 3.99. The van der Waals surface area contributed by atoms with Gasteiger partial charge in [-0.25, -0.2) is 0 Å². The number of rotatable bonds is 6. The minimum absolute atomic E-state index is 0.283. The van der Waals surface area contributed by atoms with Gasteiger partial charge in [0.05, 0.1) is 20.8 Å². The molecule has 17 heavy (non-hydrogen) atoms. The highest BCUT2D eigenvalue weighted by atomic mass is 16.5. The van der Waals surface area contributed by atoms with Crippen LogP contribution in [0.15, 0.2) is 12.1 Å². The third kappa shape index (κ3) is 3.11. The molecule has 4 nitrogen and oxygen atoms in total. The molecule has 1 aromatic carbocycles. The molecule has 2 N–H and O–H groups in total. The molecule has 0 aliphatic carbocycles. The molecule has 1 aromatic rings. The molecule has 0 amide bonds. The van der Waals surface area contributed by atoms with Crippen LogP contribution in [0.4, 0.5) is 0 Å². The van der Waals surface area contributed by atoms with Crippen LogP contribution in [-0.4, -0.2) is 27.9 Å². The fraction of sp³-hybridized carbons (Fsp3) is 0.538. The standard InChI is InChI=1S/C13H21NO3/c1-9(7-14)10-5-11(8-15-2)13(17-4)12(6-10)16-3/h5-6,9H,7-8,14H2,1-4H3. The molecular weight excluding hydrogens is 218 g/mol. The lowest BCUT2D eigenvalue weighted by molar-refractivity contribution is 0.180. The van der Waals surface area contributed by atoms with E-state index in [9.17, 15) is 0 Å². The molecule has 0 aliphatic rings. The van der Waals surface area contributed by atoms with Crippen LogP contribution in [0.3, 0.4) is 0 Å². The van der Waals surface area contributed by atoms with Gasteiger partial charge in [-0.1, -0.05) is 6.92 Å². The molecule has 0 fully saturated rings. The molecule has 0 aliphatic heterocycles. The maximum absolute atomic E-state index is 5.69. The van der Waals surface area contributed by atoms with Gasteiger partial charge in [-0.3, -0.25) is 0 Å². The highest BCUT2D eigenvalue weighted by Gasteiger charge is 2.14. The Labute approximate surface area is 103 Å². The fourth-order valence-corrected chi connectivity index (χ4v) is 1.75. The number of nitrogens with two attached hydrogens (primary N) is 1. The normalized spacial score (nSPS) is 12.3. The Morgan fingerprint density at radius 2 is 1.88 bits per heavy atom. The Balaban J connectivity index is 3.24. The predicted molar refractivity (Wildman–Crippen MR) is 67.7 cm³/mol. The molecule has 0 saturated carbocycles. The molecule has 4 heteroatoms. The zero-order chi connectivity index (χ0) is 12.8. The first-order valence-corrected chi connectivity index (χ1v) is 5.61. The Bertz CT molecular complexity index is 366. The SMILES string of the molecule is COCc1cc(C(C)CN)cc(OC)c1OC. The first-order chi connectivity index (χ1) is 8.17. The van der Waals surface area contributed by atoms with E-state index in [1.165, 1.54) is 0 Å². The van der Waals surface area contributed by atoms with Crippen LogP contribution in [-0.2, 0) is 11.3 Å². The van der Waals surface area contributed by atoms with Crippen LogP contribution >= 0.6 is 0 Å². The molecule has 0 saturated heterocycles. The van der Waals surface area contributed by atoms with Gasteiger partial charge in [-0.15, -0.1) is 0 Å². The predicted octanol–water partition coefficient (Wildman–Crippen LogP) is 1.91. The van der Waals surface area contributed by atoms with Gasteiger partial charge >= 0.3 is 0 Å². The van der Waals surface area contributed by atoms with Crippen LogP contribution in [0, 0.1) is 0 Å². The summed E-state index contributed by atoms with van der Waals surface area (Å²) in [5.41, 5.74) is 7.80. The number of hydrogen-bond donors (Lipinski definition) is 1. The summed E-state index contributed by atoms with van der Waals surface area (Å²) < 4.78 is 15.9. The second kappa shape index (κ2) is 6.47. The summed E-state index contributed by atoms with van der Waals surface area (Å²) in [5, 5.41) is 0. The van der Waals surface area contributed by atoms with Gasteiger partial charge in [-0.2, -0.15) is 0 Å². The van der Waals surface area contributed by atoms with Crippen LogP contribution in [0.1, 0.15) is 24.0 Å². The third-order valence-electron chi connectivity index (χ3n) is 2.80. The van der Waals surface area contributed by atoms with E-state index in [0.717, 1.165) is 22.6 Å². The summed E-state index contributed by atoms with van der Waals surface area (Å²) in [5.74, 6) is 1.73. The monoisotopic (exact) mass is 239 g/mol. The van der Waals surface area contributed by atoms with E-state index in [1.54, 1.807) is 21.3 Å². The highest BCUT2D eigenvalue weighted by Crippen LogP contribution is 2.35. The van der Waals surface area contributed by atoms with E-state index in [-0.39, 0.29) is 5.92 Å². The Morgan fingerprint density at radius 3 is 2.35 bits per heavy atom. The lowest BCUT2D eigenvalue weighted by Gasteiger charge is -2.17. The second-order valence-electron chi connectivity index (χ2n) is 3.99. The number of ether oxygens (including phenoxy) is 3. The van der Waals surface area contributed by atoms with Crippen molar-refractivity contribution >= 4 is 0 Å². The molecule has 0 spiro atoms. The van der Waals surface area contributed by atoms with Crippen molar-refractivity contribution in [2.75, 3.05) is 27.9 Å². The molecule has 1 unspecified atom stereocenters. The lowest BCUT2D eigenvalue weighted by Crippen LogP contribution is -2.10. The Morgan fingerprint density at radius 1 is 1.18 bits per heavy atom. The van der Waals surface area contributed by atoms with Crippen molar-refractivity contribution in [2.24, 2.45) is 5.73 Å². The molecular formula is C13H21NO3. The zero-order valence-electron chi connectivity index (χ0n) is 10.9. The molecule has 1 rings (SSSR count). The van der Waals surface area contributed by atoms with Crippen molar-refractivity contribution in [3.8, 4) is 11.5 Å². The molecule has 0 bridgehead atoms. The van der Waals surface area contributed by atoms with Crippen LogP contribution in [0.2, 0.25) is 0 Å². The maximum atomic E-state index is 5.69. The summed E-state index contributed by atoms with van der Waals surface area (Å²) in [7, 11) is 4.92. The van der Waals surface area contributed by atoms with Gasteiger partial charge in [0.15, 0.2) is 11.5 Å². The minimum atomic E-state index is 0.283. The molecule has 0 heterocycles. The number of hydrogen-bond acceptors (Lipinski definition) is 4. The quantitative estimate of drug-likeness (QED) is 0.824. The van der Waals surface area contributed by atoms with Crippen LogP contribution in [0.5, 0.6) is 11.5 Å². The third-order valence-corrected chi connectivity index (χ3v) is 2.80. The minimum Gasteiger partial charge on any atom is -0.493 e. The molecule has 0 radical (unpaired) electrons. The summed E-state index contributed by atoms with van der Waals surface area (Å²) in [6.07, 6.45) is 0. The first-order valence-electron chi connectivity index (χ1n) is 5.61. The van der Waals surface area contributed by atoms with E-state index in [0.29, 0.717) is 13.2 Å². The van der Waals surface area contributed by atoms with E-state index in [4.69, 9.17) is 19.9 Å². The van der Waals surface area contributed by atoms with Gasteiger partial charge in [0.1, 0.15) is 0 Å². The topological polar surface area (TPSA) is 53.7 Å². The Hall–Kier alpha value is -1.26. The maximum Gasteiger partial charge on any atom is 0.166 e. The average molecular weight is 239 g/mol. The summed E-state index contributed by atoms with van der Waals surface area (Å²) >= 11 is 0. The average Bonchev–Trinajstić information content (AvgIpc) is 2.37. The Kier molecular flexibility index (Phi) is 5.25. The summed E-state index contributed by atoms with van der Waals surface area (Å²) in [6.45, 7) is 3.17. The molecule has 96 valence electrons. The lowest BCUT2D eigenvalue weighted by atomic mass is 9.98. The van der Waals surface area contributed by atoms with E-state index >= 15 is 0 Å². The van der Waals surface area contributed by atoms with Crippen molar-refractivity contribution < 1.29 is 14.2 Å². The van der Waals surface area contributed by atoms with E-state index in [1.807, 2.05) is 6.07 Å². The van der Waals surface area contributed by atoms with Gasteiger partial charge in [0.2, 0.25) is 0 Å². The van der Waals surface area contributed by atoms with Crippen molar-refractivity contribution in [3.63, 3.8) is 0 Å². The largest absolute Gasteiger partial charge is 0.493 e. The number of benzene rings is 1. The van der Waals surface area contributed by atoms with Crippen molar-refractivity contribution in [2.45, 2.75) is 19.4 Å². The van der Waals surface area contributed by atoms with Gasteiger partial charge in [0.25, 0.3) is 0 Å². The van der Waals surface area contributed by atoms with Gasteiger partial charge in [-0.05, 0) is 30.2 Å². The summed E-state index contributed by atoms with van der Waals surface area (Å²) in [4.78, 5) is 0. The highest BCUT2D eigenvalue weighted by molar-refractivity contribution is 5.50. The van der Waals surface area contributed by atoms with Crippen molar-refractivity contribution in [1.29, 1.82) is 0 Å². The molecule has 0 aromatic heterocycles. The first kappa shape index (κ1) is 13.8. The van der Waals surface area contributed by atoms with Gasteiger partial charge in [0, 0.05) is 12.7 Å². The van der Waals surface area contributed by atoms with Crippen LogP contribution < -0.4 is 15.2 Å². The van der Waals surface area contributed by atoms with Gasteiger partial charge < -0.3 is 19.9 Å². The van der Waals surface area contributed by atoms with Crippen molar-refractivity contribution in [1.82, 2.24) is 0 Å². The van der Waals surface area contributed by atoms with Crippen LogP contribution in [0.25, 0.3) is 0 Å².